The van der Waals surface area contributed by atoms with Crippen molar-refractivity contribution >= 4 is 12.0 Å². The van der Waals surface area contributed by atoms with Gasteiger partial charge < -0.3 is 5.32 Å². The molecule has 3 rings (SSSR count). The third kappa shape index (κ3) is 4.36. The predicted octanol–water partition coefficient (Wildman–Crippen LogP) is 3.82. The zero-order valence-corrected chi connectivity index (χ0v) is 14.2. The van der Waals surface area contributed by atoms with Crippen molar-refractivity contribution in [2.24, 2.45) is 0 Å². The average molecular weight is 334 g/mol. The molecule has 1 aliphatic rings. The van der Waals surface area contributed by atoms with Crippen molar-refractivity contribution in [3.8, 4) is 17.3 Å². The molecule has 0 saturated heterocycles. The van der Waals surface area contributed by atoms with Crippen LogP contribution in [0.5, 0.6) is 0 Å². The number of carbonyl (C=O) groups excluding carboxylic acids is 1. The molecule has 1 heterocycles. The molecular weight excluding hydrogens is 312 g/mol. The summed E-state index contributed by atoms with van der Waals surface area (Å²) in [5.74, 6) is -0.297. The number of H-pyrrole nitrogens is 1. The normalized spacial score (nSPS) is 16.0. The fraction of sp³-hybridized carbons (Fsp3) is 0.350. The maximum atomic E-state index is 12.5. The summed E-state index contributed by atoms with van der Waals surface area (Å²) in [5, 5.41) is 19.5. The van der Waals surface area contributed by atoms with Gasteiger partial charge >= 0.3 is 0 Å². The number of rotatable bonds is 4. The van der Waals surface area contributed by atoms with E-state index < -0.39 is 0 Å². The first kappa shape index (κ1) is 17.0. The minimum absolute atomic E-state index is 0.114. The van der Waals surface area contributed by atoms with Gasteiger partial charge in [-0.1, -0.05) is 56.0 Å². The smallest absolute Gasteiger partial charge is 0.262 e. The number of hydrogen-bond donors (Lipinski definition) is 2. The standard InChI is InChI=1S/C20H22N4O/c21-13-16(20(25)23-18-10-6-1-2-7-11-18)12-17-14-22-24-19(17)15-8-4-3-5-9-15/h3-5,8-9,12,14,18H,1-2,6-7,10-11H2,(H,22,24)(H,23,25). The van der Waals surface area contributed by atoms with E-state index in [0.29, 0.717) is 0 Å². The summed E-state index contributed by atoms with van der Waals surface area (Å²) < 4.78 is 0. The number of amides is 1. The summed E-state index contributed by atoms with van der Waals surface area (Å²) in [7, 11) is 0. The lowest BCUT2D eigenvalue weighted by atomic mass is 10.0. The summed E-state index contributed by atoms with van der Waals surface area (Å²) in [4.78, 5) is 12.5. The molecule has 5 nitrogen and oxygen atoms in total. The van der Waals surface area contributed by atoms with E-state index in [9.17, 15) is 10.1 Å². The van der Waals surface area contributed by atoms with E-state index in [-0.39, 0.29) is 17.5 Å². The summed E-state index contributed by atoms with van der Waals surface area (Å²) in [5.41, 5.74) is 2.62. The Morgan fingerprint density at radius 1 is 1.20 bits per heavy atom. The third-order valence-electron chi connectivity index (χ3n) is 4.59. The van der Waals surface area contributed by atoms with Gasteiger partial charge in [-0.05, 0) is 18.9 Å². The molecule has 2 aromatic rings. The van der Waals surface area contributed by atoms with Crippen LogP contribution in [0.25, 0.3) is 17.3 Å². The van der Waals surface area contributed by atoms with Crippen molar-refractivity contribution in [1.82, 2.24) is 15.5 Å². The van der Waals surface area contributed by atoms with Crippen LogP contribution in [0.1, 0.15) is 44.1 Å². The predicted molar refractivity (Wildman–Crippen MR) is 97.2 cm³/mol. The van der Waals surface area contributed by atoms with Gasteiger partial charge in [-0.25, -0.2) is 0 Å². The van der Waals surface area contributed by atoms with Gasteiger partial charge in [0.15, 0.2) is 0 Å². The Labute approximate surface area is 147 Å². The van der Waals surface area contributed by atoms with E-state index in [1.165, 1.54) is 12.8 Å². The number of aromatic amines is 1. The number of nitrogens with one attached hydrogen (secondary N) is 2. The van der Waals surface area contributed by atoms with E-state index in [2.05, 4.69) is 15.5 Å². The average Bonchev–Trinajstić information content (AvgIpc) is 2.96. The van der Waals surface area contributed by atoms with Crippen LogP contribution in [0, 0.1) is 11.3 Å². The van der Waals surface area contributed by atoms with Crippen molar-refractivity contribution in [2.45, 2.75) is 44.6 Å². The van der Waals surface area contributed by atoms with Crippen LogP contribution >= 0.6 is 0 Å². The Hall–Kier alpha value is -2.87. The summed E-state index contributed by atoms with van der Waals surface area (Å²) in [6.07, 6.45) is 9.95. The third-order valence-corrected chi connectivity index (χ3v) is 4.59. The zero-order valence-electron chi connectivity index (χ0n) is 14.2. The number of nitriles is 1. The summed E-state index contributed by atoms with van der Waals surface area (Å²) >= 11 is 0. The second-order valence-electron chi connectivity index (χ2n) is 6.40. The zero-order chi connectivity index (χ0) is 17.5. The van der Waals surface area contributed by atoms with Crippen molar-refractivity contribution in [3.63, 3.8) is 0 Å². The van der Waals surface area contributed by atoms with E-state index >= 15 is 0 Å². The Morgan fingerprint density at radius 2 is 1.92 bits per heavy atom. The fourth-order valence-corrected chi connectivity index (χ4v) is 3.23. The van der Waals surface area contributed by atoms with Crippen molar-refractivity contribution in [1.29, 1.82) is 5.26 Å². The molecule has 1 aromatic carbocycles. The molecule has 1 amide bonds. The van der Waals surface area contributed by atoms with Crippen LogP contribution in [0.4, 0.5) is 0 Å². The van der Waals surface area contributed by atoms with Crippen LogP contribution in [-0.4, -0.2) is 22.1 Å². The Kier molecular flexibility index (Phi) is 5.63. The molecule has 0 spiro atoms. The van der Waals surface area contributed by atoms with Gasteiger partial charge in [-0.2, -0.15) is 10.4 Å². The van der Waals surface area contributed by atoms with Gasteiger partial charge in [0, 0.05) is 17.2 Å². The first-order chi connectivity index (χ1) is 12.3. The number of carbonyl (C=O) groups is 1. The second-order valence-corrected chi connectivity index (χ2v) is 6.40. The largest absolute Gasteiger partial charge is 0.349 e. The van der Waals surface area contributed by atoms with Gasteiger partial charge in [0.05, 0.1) is 11.9 Å². The molecule has 5 heteroatoms. The van der Waals surface area contributed by atoms with E-state index in [1.54, 1.807) is 12.3 Å². The first-order valence-corrected chi connectivity index (χ1v) is 8.79. The molecule has 0 unspecified atom stereocenters. The second kappa shape index (κ2) is 8.29. The highest BCUT2D eigenvalue weighted by atomic mass is 16.1. The van der Waals surface area contributed by atoms with E-state index in [0.717, 1.165) is 42.5 Å². The van der Waals surface area contributed by atoms with Gasteiger partial charge in [0.1, 0.15) is 11.6 Å². The molecule has 2 N–H and O–H groups in total. The van der Waals surface area contributed by atoms with Crippen molar-refractivity contribution < 1.29 is 4.79 Å². The van der Waals surface area contributed by atoms with Gasteiger partial charge in [0.2, 0.25) is 0 Å². The first-order valence-electron chi connectivity index (χ1n) is 8.79. The molecule has 1 saturated carbocycles. The van der Waals surface area contributed by atoms with Crippen LogP contribution in [0.3, 0.4) is 0 Å². The SMILES string of the molecule is N#CC(=Cc1cn[nH]c1-c1ccccc1)C(=O)NC1CCCCCC1. The molecular formula is C20H22N4O. The van der Waals surface area contributed by atoms with Crippen LogP contribution in [0.2, 0.25) is 0 Å². The minimum Gasteiger partial charge on any atom is -0.349 e. The highest BCUT2D eigenvalue weighted by molar-refractivity contribution is 6.02. The molecule has 1 fully saturated rings. The Bertz CT molecular complexity index is 778. The van der Waals surface area contributed by atoms with E-state index in [4.69, 9.17) is 0 Å². The molecule has 0 bridgehead atoms. The molecule has 128 valence electrons. The summed E-state index contributed by atoms with van der Waals surface area (Å²) in [6, 6.07) is 11.9. The number of nitrogens with zero attached hydrogens (tertiary/aromatic N) is 2. The van der Waals surface area contributed by atoms with Crippen LogP contribution in [0.15, 0.2) is 42.1 Å². The Balaban J connectivity index is 1.78. The lowest BCUT2D eigenvalue weighted by molar-refractivity contribution is -0.117. The lowest BCUT2D eigenvalue weighted by Gasteiger charge is -2.15. The minimum atomic E-state index is -0.297. The number of benzene rings is 1. The van der Waals surface area contributed by atoms with Gasteiger partial charge in [0.25, 0.3) is 5.91 Å². The fourth-order valence-electron chi connectivity index (χ4n) is 3.23. The molecule has 1 aliphatic carbocycles. The molecule has 25 heavy (non-hydrogen) atoms. The maximum absolute atomic E-state index is 12.5. The van der Waals surface area contributed by atoms with Gasteiger partial charge in [-0.3, -0.25) is 9.89 Å². The number of aromatic nitrogens is 2. The highest BCUT2D eigenvalue weighted by Gasteiger charge is 2.18. The molecule has 0 atom stereocenters. The topological polar surface area (TPSA) is 81.6 Å². The quantitative estimate of drug-likeness (QED) is 0.506. The van der Waals surface area contributed by atoms with Gasteiger partial charge in [-0.15, -0.1) is 0 Å². The number of hydrogen-bond acceptors (Lipinski definition) is 3. The van der Waals surface area contributed by atoms with Crippen LogP contribution in [-0.2, 0) is 4.79 Å². The lowest BCUT2D eigenvalue weighted by Crippen LogP contribution is -2.35. The molecule has 0 aliphatic heterocycles. The Morgan fingerprint density at radius 3 is 2.60 bits per heavy atom. The van der Waals surface area contributed by atoms with Crippen LogP contribution < -0.4 is 5.32 Å². The van der Waals surface area contributed by atoms with Crippen molar-refractivity contribution in [2.75, 3.05) is 0 Å². The highest BCUT2D eigenvalue weighted by Crippen LogP contribution is 2.23. The van der Waals surface area contributed by atoms with E-state index in [1.807, 2.05) is 36.4 Å². The monoisotopic (exact) mass is 334 g/mol. The maximum Gasteiger partial charge on any atom is 0.262 e. The van der Waals surface area contributed by atoms with Crippen molar-refractivity contribution in [3.05, 3.63) is 47.7 Å². The summed E-state index contributed by atoms with van der Waals surface area (Å²) in [6.45, 7) is 0. The molecule has 0 radical (unpaired) electrons. The molecule has 1 aromatic heterocycles.